The Labute approximate surface area is 329 Å². The van der Waals surface area contributed by atoms with Crippen molar-refractivity contribution in [2.75, 3.05) is 13.2 Å². The van der Waals surface area contributed by atoms with Gasteiger partial charge < -0.3 is 14.2 Å². The van der Waals surface area contributed by atoms with E-state index >= 15 is 0 Å². The van der Waals surface area contributed by atoms with Gasteiger partial charge in [-0.3, -0.25) is 14.4 Å². The Kier molecular flexibility index (Phi) is 37.5. The molecule has 0 aliphatic rings. The molecule has 1 unspecified atom stereocenters. The average Bonchev–Trinajstić information content (AvgIpc) is 3.12. The van der Waals surface area contributed by atoms with Crippen molar-refractivity contribution in [2.45, 2.75) is 253 Å². The Morgan fingerprint density at radius 1 is 0.377 bits per heavy atom. The third-order valence-corrected chi connectivity index (χ3v) is 10.8. The second kappa shape index (κ2) is 38.7. The smallest absolute Gasteiger partial charge is 0.306 e. The fourth-order valence-corrected chi connectivity index (χ4v) is 6.85. The fourth-order valence-electron chi connectivity index (χ4n) is 6.85. The normalized spacial score (nSPS) is 12.7. The lowest BCUT2D eigenvalue weighted by Gasteiger charge is -2.18. The summed E-state index contributed by atoms with van der Waals surface area (Å²) in [5.41, 5.74) is 0. The average molecular weight is 751 g/mol. The summed E-state index contributed by atoms with van der Waals surface area (Å²) in [6.07, 6.45) is 35.2. The van der Waals surface area contributed by atoms with E-state index in [2.05, 4.69) is 41.5 Å². The molecule has 0 radical (unpaired) electrons. The van der Waals surface area contributed by atoms with Crippen molar-refractivity contribution in [1.82, 2.24) is 0 Å². The highest BCUT2D eigenvalue weighted by Crippen LogP contribution is 2.17. The molecule has 0 aliphatic heterocycles. The molecule has 53 heavy (non-hydrogen) atoms. The molecule has 0 aromatic rings. The third kappa shape index (κ3) is 39.9. The molecule has 0 aromatic carbocycles. The summed E-state index contributed by atoms with van der Waals surface area (Å²) in [5.74, 6) is 1.57. The van der Waals surface area contributed by atoms with Crippen molar-refractivity contribution in [3.63, 3.8) is 0 Å². The Morgan fingerprint density at radius 2 is 0.660 bits per heavy atom. The van der Waals surface area contributed by atoms with Gasteiger partial charge >= 0.3 is 17.9 Å². The quantitative estimate of drug-likeness (QED) is 0.0352. The van der Waals surface area contributed by atoms with Gasteiger partial charge in [0.2, 0.25) is 0 Å². The summed E-state index contributed by atoms with van der Waals surface area (Å²) < 4.78 is 16.7. The number of hydrogen-bond donors (Lipinski definition) is 0. The van der Waals surface area contributed by atoms with Crippen LogP contribution in [0.5, 0.6) is 0 Å². The van der Waals surface area contributed by atoms with Gasteiger partial charge in [0.05, 0.1) is 0 Å². The molecular formula is C47H90O6. The molecule has 0 fully saturated rings. The van der Waals surface area contributed by atoms with Crippen LogP contribution >= 0.6 is 0 Å². The van der Waals surface area contributed by atoms with E-state index in [4.69, 9.17) is 14.2 Å². The van der Waals surface area contributed by atoms with Gasteiger partial charge in [0.25, 0.3) is 0 Å². The monoisotopic (exact) mass is 751 g/mol. The molecule has 314 valence electrons. The molecule has 2 atom stereocenters. The van der Waals surface area contributed by atoms with Crippen molar-refractivity contribution in [1.29, 1.82) is 0 Å². The van der Waals surface area contributed by atoms with Gasteiger partial charge in [0.1, 0.15) is 13.2 Å². The highest BCUT2D eigenvalue weighted by atomic mass is 16.6. The maximum Gasteiger partial charge on any atom is 0.306 e. The number of ether oxygens (including phenoxy) is 3. The molecule has 0 heterocycles. The first-order valence-corrected chi connectivity index (χ1v) is 23.1. The van der Waals surface area contributed by atoms with E-state index in [0.717, 1.165) is 75.5 Å². The molecule has 0 bridgehead atoms. The Morgan fingerprint density at radius 3 is 0.981 bits per heavy atom. The number of rotatable bonds is 40. The van der Waals surface area contributed by atoms with Crippen LogP contribution in [0.2, 0.25) is 0 Å². The van der Waals surface area contributed by atoms with Gasteiger partial charge in [0, 0.05) is 19.3 Å². The Bertz CT molecular complexity index is 824. The van der Waals surface area contributed by atoms with Gasteiger partial charge in [-0.2, -0.15) is 0 Å². The molecule has 0 saturated carbocycles. The molecule has 0 amide bonds. The van der Waals surface area contributed by atoms with E-state index in [1.807, 2.05) is 0 Å². The molecule has 0 aromatic heterocycles. The number of carbonyl (C=O) groups is 3. The van der Waals surface area contributed by atoms with E-state index in [-0.39, 0.29) is 31.1 Å². The molecule has 0 saturated heterocycles. The number of esters is 3. The zero-order valence-corrected chi connectivity index (χ0v) is 36.3. The van der Waals surface area contributed by atoms with Crippen LogP contribution in [0.1, 0.15) is 247 Å². The standard InChI is InChI=1S/C47H90O6/c1-7-43(6)35-29-23-19-20-26-32-38-47(50)53-44(40-52-46(49)37-31-25-18-14-13-16-22-28-34-42(4)5)39-51-45(48)36-30-24-17-12-10-8-9-11-15-21-27-33-41(2)3/h41-44H,7-40H2,1-6H3/t43?,44-/m0/s1. The predicted octanol–water partition coefficient (Wildman–Crippen LogP) is 14.4. The largest absolute Gasteiger partial charge is 0.462 e. The van der Waals surface area contributed by atoms with Crippen LogP contribution in [0, 0.1) is 17.8 Å². The zero-order chi connectivity index (χ0) is 39.2. The highest BCUT2D eigenvalue weighted by Gasteiger charge is 2.19. The van der Waals surface area contributed by atoms with E-state index in [1.54, 1.807) is 0 Å². The van der Waals surface area contributed by atoms with E-state index in [1.165, 1.54) is 128 Å². The zero-order valence-electron chi connectivity index (χ0n) is 36.3. The maximum absolute atomic E-state index is 12.7. The summed E-state index contributed by atoms with van der Waals surface area (Å²) in [6.45, 7) is 13.6. The minimum atomic E-state index is -0.762. The van der Waals surface area contributed by atoms with Gasteiger partial charge in [0.15, 0.2) is 6.10 Å². The molecule has 6 heteroatoms. The van der Waals surface area contributed by atoms with Crippen molar-refractivity contribution in [3.8, 4) is 0 Å². The van der Waals surface area contributed by atoms with Crippen LogP contribution in [0.25, 0.3) is 0 Å². The SMILES string of the molecule is CCC(C)CCCCCCCCC(=O)O[C@@H](COC(=O)CCCCCCCCCCCCCC(C)C)COC(=O)CCCCCCCCCCC(C)C. The third-order valence-electron chi connectivity index (χ3n) is 10.8. The lowest BCUT2D eigenvalue weighted by molar-refractivity contribution is -0.167. The summed E-state index contributed by atoms with van der Waals surface area (Å²) in [6, 6.07) is 0. The van der Waals surface area contributed by atoms with Crippen LogP contribution in [0.3, 0.4) is 0 Å². The summed E-state index contributed by atoms with van der Waals surface area (Å²) in [4.78, 5) is 37.7. The molecule has 0 aliphatic carbocycles. The van der Waals surface area contributed by atoms with Crippen LogP contribution in [-0.4, -0.2) is 37.2 Å². The first kappa shape index (κ1) is 51.4. The first-order chi connectivity index (χ1) is 25.6. The summed E-state index contributed by atoms with van der Waals surface area (Å²) >= 11 is 0. The molecule has 0 spiro atoms. The Balaban J connectivity index is 4.33. The minimum Gasteiger partial charge on any atom is -0.462 e. The van der Waals surface area contributed by atoms with Crippen LogP contribution in [-0.2, 0) is 28.6 Å². The number of hydrogen-bond acceptors (Lipinski definition) is 6. The van der Waals surface area contributed by atoms with Crippen LogP contribution in [0.4, 0.5) is 0 Å². The minimum absolute atomic E-state index is 0.0668. The Hall–Kier alpha value is -1.59. The highest BCUT2D eigenvalue weighted by molar-refractivity contribution is 5.71. The molecular weight excluding hydrogens is 661 g/mol. The van der Waals surface area contributed by atoms with E-state index < -0.39 is 6.10 Å². The molecule has 0 N–H and O–H groups in total. The van der Waals surface area contributed by atoms with Crippen molar-refractivity contribution < 1.29 is 28.6 Å². The maximum atomic E-state index is 12.7. The first-order valence-electron chi connectivity index (χ1n) is 23.1. The van der Waals surface area contributed by atoms with Gasteiger partial charge in [-0.05, 0) is 37.0 Å². The van der Waals surface area contributed by atoms with Crippen LogP contribution in [0.15, 0.2) is 0 Å². The van der Waals surface area contributed by atoms with Crippen molar-refractivity contribution >= 4 is 17.9 Å². The van der Waals surface area contributed by atoms with E-state index in [0.29, 0.717) is 19.3 Å². The molecule has 0 rings (SSSR count). The van der Waals surface area contributed by atoms with Gasteiger partial charge in [-0.1, -0.05) is 208 Å². The summed E-state index contributed by atoms with van der Waals surface area (Å²) in [7, 11) is 0. The lowest BCUT2D eigenvalue weighted by atomic mass is 10.00. The van der Waals surface area contributed by atoms with Crippen molar-refractivity contribution in [2.24, 2.45) is 17.8 Å². The van der Waals surface area contributed by atoms with Gasteiger partial charge in [-0.15, -0.1) is 0 Å². The number of unbranched alkanes of at least 4 members (excludes halogenated alkanes) is 22. The second-order valence-corrected chi connectivity index (χ2v) is 17.2. The van der Waals surface area contributed by atoms with Gasteiger partial charge in [-0.25, -0.2) is 0 Å². The topological polar surface area (TPSA) is 78.9 Å². The van der Waals surface area contributed by atoms with Crippen LogP contribution < -0.4 is 0 Å². The van der Waals surface area contributed by atoms with Crippen molar-refractivity contribution in [3.05, 3.63) is 0 Å². The second-order valence-electron chi connectivity index (χ2n) is 17.2. The van der Waals surface area contributed by atoms with E-state index in [9.17, 15) is 14.4 Å². The predicted molar refractivity (Wildman–Crippen MR) is 224 cm³/mol. The summed E-state index contributed by atoms with van der Waals surface area (Å²) in [5, 5.41) is 0. The fraction of sp³-hybridized carbons (Fsp3) is 0.936. The molecule has 6 nitrogen and oxygen atoms in total. The lowest BCUT2D eigenvalue weighted by Crippen LogP contribution is -2.30. The number of carbonyl (C=O) groups excluding carboxylic acids is 3.